The monoisotopic (exact) mass is 470 g/mol. The molecule has 2 aromatic rings. The van der Waals surface area contributed by atoms with Crippen LogP contribution < -0.4 is 9.47 Å². The number of benzene rings is 2. The maximum atomic E-state index is 12.8. The zero-order chi connectivity index (χ0) is 22.6. The minimum atomic E-state index is -4.12. The van der Waals surface area contributed by atoms with Gasteiger partial charge in [-0.3, -0.25) is 8.37 Å². The van der Waals surface area contributed by atoms with E-state index in [9.17, 15) is 16.8 Å². The maximum Gasteiger partial charge on any atom is 0.297 e. The molecule has 10 heteroatoms. The number of hydrogen-bond acceptors (Lipinski definition) is 8. The van der Waals surface area contributed by atoms with Crippen LogP contribution in [0.3, 0.4) is 0 Å². The number of hydrogen-bond donors (Lipinski definition) is 0. The molecule has 0 amide bonds. The van der Waals surface area contributed by atoms with E-state index in [1.54, 1.807) is 0 Å². The van der Waals surface area contributed by atoms with Crippen molar-refractivity contribution in [2.45, 2.75) is 48.2 Å². The van der Waals surface area contributed by atoms with Crippen molar-refractivity contribution in [2.24, 2.45) is 5.92 Å². The summed E-state index contributed by atoms with van der Waals surface area (Å²) in [6.07, 6.45) is -0.428. The summed E-state index contributed by atoms with van der Waals surface area (Å²) in [5.74, 6) is 1.19. The molecule has 0 spiro atoms. The summed E-state index contributed by atoms with van der Waals surface area (Å²) < 4.78 is 72.0. The van der Waals surface area contributed by atoms with E-state index in [4.69, 9.17) is 17.8 Å². The lowest BCUT2D eigenvalue weighted by molar-refractivity contribution is 0.0151. The molecule has 8 nitrogen and oxygen atoms in total. The zero-order valence-electron chi connectivity index (χ0n) is 17.6. The Bertz CT molecular complexity index is 1080. The summed E-state index contributed by atoms with van der Waals surface area (Å²) in [6.45, 7) is 1.96. The Balaban J connectivity index is 1.80. The van der Waals surface area contributed by atoms with Crippen molar-refractivity contribution < 1.29 is 34.7 Å². The molecule has 1 saturated carbocycles. The van der Waals surface area contributed by atoms with Crippen LogP contribution in [0.15, 0.2) is 58.3 Å². The Morgan fingerprint density at radius 3 is 1.52 bits per heavy atom. The van der Waals surface area contributed by atoms with Crippen molar-refractivity contribution in [3.63, 3.8) is 0 Å². The van der Waals surface area contributed by atoms with Crippen LogP contribution in [-0.4, -0.2) is 43.3 Å². The number of ether oxygens (including phenoxy) is 2. The molecule has 0 radical (unpaired) electrons. The normalized spacial score (nSPS) is 22.1. The smallest absolute Gasteiger partial charge is 0.297 e. The summed E-state index contributed by atoms with van der Waals surface area (Å²) in [4.78, 5) is -0.0769. The molecule has 0 N–H and O–H groups in total. The number of methoxy groups -OCH3 is 2. The van der Waals surface area contributed by atoms with Gasteiger partial charge in [0.2, 0.25) is 0 Å². The van der Waals surface area contributed by atoms with Gasteiger partial charge in [-0.15, -0.1) is 0 Å². The molecule has 1 fully saturated rings. The van der Waals surface area contributed by atoms with Crippen LogP contribution in [0.1, 0.15) is 26.2 Å². The fourth-order valence-electron chi connectivity index (χ4n) is 3.43. The van der Waals surface area contributed by atoms with Gasteiger partial charge in [0.05, 0.1) is 24.0 Å². The average Bonchev–Trinajstić information content (AvgIpc) is 2.75. The Kier molecular flexibility index (Phi) is 7.25. The topological polar surface area (TPSA) is 105 Å². The van der Waals surface area contributed by atoms with Crippen molar-refractivity contribution in [1.82, 2.24) is 0 Å². The SMILES string of the molecule is COc1ccc(S(=O)(=O)OC2CCC(C)CC2OS(=O)(=O)c2ccc(OC)cc2)cc1. The van der Waals surface area contributed by atoms with E-state index < -0.39 is 32.4 Å². The van der Waals surface area contributed by atoms with Crippen molar-refractivity contribution in [2.75, 3.05) is 14.2 Å². The van der Waals surface area contributed by atoms with Crippen LogP contribution in [0.5, 0.6) is 11.5 Å². The third-order valence-electron chi connectivity index (χ3n) is 5.19. The van der Waals surface area contributed by atoms with Gasteiger partial charge < -0.3 is 9.47 Å². The molecular formula is C21H26O8S2. The van der Waals surface area contributed by atoms with Gasteiger partial charge in [-0.2, -0.15) is 16.8 Å². The summed E-state index contributed by atoms with van der Waals surface area (Å²) in [5, 5.41) is 0. The number of rotatable bonds is 8. The largest absolute Gasteiger partial charge is 0.497 e. The molecular weight excluding hydrogens is 444 g/mol. The molecule has 31 heavy (non-hydrogen) atoms. The lowest BCUT2D eigenvalue weighted by Gasteiger charge is -2.33. The van der Waals surface area contributed by atoms with Crippen LogP contribution in [0, 0.1) is 5.92 Å². The minimum absolute atomic E-state index is 0.0383. The van der Waals surface area contributed by atoms with Crippen LogP contribution in [0.2, 0.25) is 0 Å². The summed E-state index contributed by atoms with van der Waals surface area (Å²) in [7, 11) is -5.27. The highest BCUT2D eigenvalue weighted by atomic mass is 32.2. The van der Waals surface area contributed by atoms with Gasteiger partial charge in [-0.1, -0.05) is 6.92 Å². The fraction of sp³-hybridized carbons (Fsp3) is 0.429. The molecule has 3 atom stereocenters. The molecule has 0 bridgehead atoms. The van der Waals surface area contributed by atoms with Crippen LogP contribution in [0.4, 0.5) is 0 Å². The van der Waals surface area contributed by atoms with E-state index in [1.165, 1.54) is 62.8 Å². The maximum absolute atomic E-state index is 12.8. The third-order valence-corrected chi connectivity index (χ3v) is 7.89. The molecule has 3 unspecified atom stereocenters. The molecule has 0 saturated heterocycles. The van der Waals surface area contributed by atoms with Gasteiger partial charge in [0.1, 0.15) is 23.7 Å². The minimum Gasteiger partial charge on any atom is -0.497 e. The van der Waals surface area contributed by atoms with E-state index in [-0.39, 0.29) is 15.7 Å². The zero-order valence-corrected chi connectivity index (χ0v) is 19.2. The first kappa shape index (κ1) is 23.5. The summed E-state index contributed by atoms with van der Waals surface area (Å²) in [6, 6.07) is 11.6. The molecule has 1 aliphatic rings. The Morgan fingerprint density at radius 1 is 0.677 bits per heavy atom. The van der Waals surface area contributed by atoms with Crippen molar-refractivity contribution in [3.8, 4) is 11.5 Å². The van der Waals surface area contributed by atoms with Crippen LogP contribution in [0.25, 0.3) is 0 Å². The molecule has 170 valence electrons. The average molecular weight is 471 g/mol. The second kappa shape index (κ2) is 9.56. The second-order valence-corrected chi connectivity index (χ2v) is 10.6. The van der Waals surface area contributed by atoms with Crippen LogP contribution in [-0.2, 0) is 28.6 Å². The van der Waals surface area contributed by atoms with E-state index in [1.807, 2.05) is 6.92 Å². The quantitative estimate of drug-likeness (QED) is 0.541. The van der Waals surface area contributed by atoms with E-state index in [0.29, 0.717) is 30.8 Å². The fourth-order valence-corrected chi connectivity index (χ4v) is 5.67. The lowest BCUT2D eigenvalue weighted by atomic mass is 9.87. The Hall–Kier alpha value is -2.14. The lowest BCUT2D eigenvalue weighted by Crippen LogP contribution is -2.40. The van der Waals surface area contributed by atoms with E-state index in [2.05, 4.69) is 0 Å². The Labute approximate surface area is 183 Å². The predicted octanol–water partition coefficient (Wildman–Crippen LogP) is 3.37. The van der Waals surface area contributed by atoms with Gasteiger partial charge in [-0.25, -0.2) is 0 Å². The van der Waals surface area contributed by atoms with E-state index in [0.717, 1.165) is 0 Å². The van der Waals surface area contributed by atoms with Crippen molar-refractivity contribution >= 4 is 20.2 Å². The van der Waals surface area contributed by atoms with Crippen molar-refractivity contribution in [3.05, 3.63) is 48.5 Å². The molecule has 0 aromatic heterocycles. The predicted molar refractivity (Wildman–Crippen MR) is 113 cm³/mol. The first-order chi connectivity index (χ1) is 14.6. The molecule has 0 heterocycles. The molecule has 3 rings (SSSR count). The highest BCUT2D eigenvalue weighted by molar-refractivity contribution is 7.87. The summed E-state index contributed by atoms with van der Waals surface area (Å²) in [5.41, 5.74) is 0. The molecule has 1 aliphatic carbocycles. The third kappa shape index (κ3) is 5.76. The molecule has 2 aromatic carbocycles. The first-order valence-corrected chi connectivity index (χ1v) is 12.6. The highest BCUT2D eigenvalue weighted by Crippen LogP contribution is 2.33. The van der Waals surface area contributed by atoms with Crippen molar-refractivity contribution in [1.29, 1.82) is 0 Å². The summed E-state index contributed by atoms with van der Waals surface area (Å²) >= 11 is 0. The van der Waals surface area contributed by atoms with Gasteiger partial charge in [0, 0.05) is 0 Å². The van der Waals surface area contributed by atoms with Gasteiger partial charge in [0.15, 0.2) is 0 Å². The van der Waals surface area contributed by atoms with Gasteiger partial charge in [-0.05, 0) is 73.7 Å². The highest BCUT2D eigenvalue weighted by Gasteiger charge is 2.37. The molecule has 0 aliphatic heterocycles. The first-order valence-electron chi connectivity index (χ1n) is 9.79. The Morgan fingerprint density at radius 2 is 1.10 bits per heavy atom. The van der Waals surface area contributed by atoms with E-state index >= 15 is 0 Å². The van der Waals surface area contributed by atoms with Crippen LogP contribution >= 0.6 is 0 Å². The second-order valence-electron chi connectivity index (χ2n) is 7.45. The standard InChI is InChI=1S/C21H26O8S2/c1-15-4-13-20(28-30(22,23)18-9-5-16(26-2)6-10-18)21(14-15)29-31(24,25)19-11-7-17(27-3)8-12-19/h5-12,15,20-21H,4,13-14H2,1-3H3. The van der Waals surface area contributed by atoms with Gasteiger partial charge in [0.25, 0.3) is 20.2 Å². The van der Waals surface area contributed by atoms with Gasteiger partial charge >= 0.3 is 0 Å².